The molecule has 0 saturated carbocycles. The van der Waals surface area contributed by atoms with Crippen LogP contribution in [0.2, 0.25) is 0 Å². The number of hydrogen-bond acceptors (Lipinski definition) is 3. The predicted octanol–water partition coefficient (Wildman–Crippen LogP) is 7.17. The molecule has 0 fully saturated rings. The minimum atomic E-state index is -4.48. The van der Waals surface area contributed by atoms with Crippen LogP contribution in [0.3, 0.4) is 0 Å². The quantitative estimate of drug-likeness (QED) is 0.410. The highest BCUT2D eigenvalue weighted by Crippen LogP contribution is 2.35. The molecule has 0 amide bonds. The van der Waals surface area contributed by atoms with Gasteiger partial charge in [0.2, 0.25) is 0 Å². The molecule has 1 atom stereocenters. The first-order valence-corrected chi connectivity index (χ1v) is 11.1. The van der Waals surface area contributed by atoms with Crippen molar-refractivity contribution in [3.8, 4) is 11.1 Å². The van der Waals surface area contributed by atoms with E-state index in [4.69, 9.17) is 11.6 Å². The number of rotatable bonds is 8. The van der Waals surface area contributed by atoms with Gasteiger partial charge in [0.25, 0.3) is 5.56 Å². The molecule has 0 aliphatic carbocycles. The second kappa shape index (κ2) is 10.6. The largest absolute Gasteiger partial charge is 0.416 e. The molecular weight excluding hydrogens is 445 g/mol. The Morgan fingerprint density at radius 3 is 2.61 bits per heavy atom. The Bertz CT molecular complexity index is 1040. The van der Waals surface area contributed by atoms with E-state index in [0.29, 0.717) is 28.8 Å². The van der Waals surface area contributed by atoms with Gasteiger partial charge in [-0.05, 0) is 55.7 Å². The zero-order valence-electron chi connectivity index (χ0n) is 18.0. The monoisotopic (exact) mass is 470 g/mol. The van der Waals surface area contributed by atoms with Crippen LogP contribution in [0.1, 0.15) is 44.3 Å². The molecule has 0 bridgehead atoms. The summed E-state index contributed by atoms with van der Waals surface area (Å²) < 4.78 is 41.8. The number of alkyl halides is 3. The van der Waals surface area contributed by atoms with E-state index >= 15 is 0 Å². The molecule has 1 unspecified atom stereocenters. The molecule has 2 rings (SSSR count). The number of thioether (sulfide) groups is 1. The van der Waals surface area contributed by atoms with Crippen molar-refractivity contribution in [2.75, 3.05) is 0 Å². The summed E-state index contributed by atoms with van der Waals surface area (Å²) in [6, 6.07) is 4.81. The standard InChI is InChI=1S/C23H26ClF3N2OS/c1-6-19(31-16(5)24)14(3)11-12-20-28-22(30)21(15(4)29(20)7-2)17-9-8-10-18(13-17)23(25,26)27/h6,8-10,13-14H,5,7,11-12H2,1-4H3/b19-6-. The van der Waals surface area contributed by atoms with E-state index in [1.807, 2.05) is 24.5 Å². The molecule has 168 valence electrons. The summed E-state index contributed by atoms with van der Waals surface area (Å²) in [6.45, 7) is 11.9. The molecule has 0 N–H and O–H groups in total. The summed E-state index contributed by atoms with van der Waals surface area (Å²) in [6.07, 6.45) is -1.19. The van der Waals surface area contributed by atoms with Crippen molar-refractivity contribution in [1.82, 2.24) is 9.55 Å². The summed E-state index contributed by atoms with van der Waals surface area (Å²) in [4.78, 5) is 18.2. The molecule has 31 heavy (non-hydrogen) atoms. The van der Waals surface area contributed by atoms with E-state index in [-0.39, 0.29) is 17.0 Å². The molecule has 1 aromatic carbocycles. The SMILES string of the molecule is C=C(Cl)S/C(=C\C)C(C)CCc1nc(=O)c(-c2cccc(C(F)(F)F)c2)c(C)n1CC. The Labute approximate surface area is 190 Å². The zero-order chi connectivity index (χ0) is 23.3. The van der Waals surface area contributed by atoms with Crippen LogP contribution in [-0.4, -0.2) is 9.55 Å². The van der Waals surface area contributed by atoms with Gasteiger partial charge in [-0.25, -0.2) is 0 Å². The first-order valence-electron chi connectivity index (χ1n) is 9.95. The lowest BCUT2D eigenvalue weighted by molar-refractivity contribution is -0.137. The van der Waals surface area contributed by atoms with E-state index in [0.717, 1.165) is 23.5 Å². The van der Waals surface area contributed by atoms with Crippen molar-refractivity contribution < 1.29 is 13.2 Å². The van der Waals surface area contributed by atoms with Crippen LogP contribution in [0.5, 0.6) is 0 Å². The predicted molar refractivity (Wildman–Crippen MR) is 123 cm³/mol. The van der Waals surface area contributed by atoms with Gasteiger partial charge in [-0.1, -0.05) is 55.1 Å². The maximum atomic E-state index is 13.1. The van der Waals surface area contributed by atoms with Crippen LogP contribution in [0.4, 0.5) is 13.2 Å². The van der Waals surface area contributed by atoms with Crippen molar-refractivity contribution >= 4 is 23.4 Å². The lowest BCUT2D eigenvalue weighted by Gasteiger charge is -2.20. The summed E-state index contributed by atoms with van der Waals surface area (Å²) in [7, 11) is 0. The summed E-state index contributed by atoms with van der Waals surface area (Å²) >= 11 is 7.33. The number of benzene rings is 1. The number of nitrogens with zero attached hydrogens (tertiary/aromatic N) is 2. The molecule has 1 aromatic heterocycles. The number of aryl methyl sites for hydroxylation is 1. The second-order valence-corrected chi connectivity index (χ2v) is 9.05. The van der Waals surface area contributed by atoms with Gasteiger partial charge in [0.1, 0.15) is 5.82 Å². The Kier molecular flexibility index (Phi) is 8.60. The fraction of sp³-hybridized carbons (Fsp3) is 0.391. The lowest BCUT2D eigenvalue weighted by Crippen LogP contribution is -2.23. The van der Waals surface area contributed by atoms with Crippen LogP contribution < -0.4 is 5.56 Å². The first kappa shape index (κ1) is 25.3. The summed E-state index contributed by atoms with van der Waals surface area (Å²) in [5, 5.41) is 0. The van der Waals surface area contributed by atoms with Gasteiger partial charge < -0.3 is 4.57 Å². The molecular formula is C23H26ClF3N2OS. The Hall–Kier alpha value is -1.99. The van der Waals surface area contributed by atoms with E-state index < -0.39 is 17.3 Å². The molecule has 0 spiro atoms. The number of allylic oxidation sites excluding steroid dienone is 2. The highest BCUT2D eigenvalue weighted by atomic mass is 35.5. The van der Waals surface area contributed by atoms with Gasteiger partial charge in [-0.15, -0.1) is 0 Å². The fourth-order valence-corrected chi connectivity index (χ4v) is 4.53. The van der Waals surface area contributed by atoms with E-state index in [9.17, 15) is 18.0 Å². The third-order valence-electron chi connectivity index (χ3n) is 5.12. The van der Waals surface area contributed by atoms with Gasteiger partial charge in [0.15, 0.2) is 0 Å². The molecule has 0 saturated heterocycles. The summed E-state index contributed by atoms with van der Waals surface area (Å²) in [5.74, 6) is 0.814. The Morgan fingerprint density at radius 2 is 2.06 bits per heavy atom. The van der Waals surface area contributed by atoms with Gasteiger partial charge in [0.05, 0.1) is 15.5 Å². The molecule has 3 nitrogen and oxygen atoms in total. The topological polar surface area (TPSA) is 34.9 Å². The fourth-order valence-electron chi connectivity index (χ4n) is 3.57. The lowest BCUT2D eigenvalue weighted by atomic mass is 10.0. The second-order valence-electron chi connectivity index (χ2n) is 7.20. The van der Waals surface area contributed by atoms with E-state index in [2.05, 4.69) is 18.5 Å². The van der Waals surface area contributed by atoms with E-state index in [1.54, 1.807) is 6.92 Å². The summed E-state index contributed by atoms with van der Waals surface area (Å²) in [5.41, 5.74) is -0.270. The molecule has 8 heteroatoms. The molecule has 2 aromatic rings. The third-order valence-corrected chi connectivity index (χ3v) is 6.44. The maximum Gasteiger partial charge on any atom is 0.416 e. The zero-order valence-corrected chi connectivity index (χ0v) is 19.6. The van der Waals surface area contributed by atoms with Crippen LogP contribution in [-0.2, 0) is 19.1 Å². The van der Waals surface area contributed by atoms with Crippen molar-refractivity contribution in [2.24, 2.45) is 5.92 Å². The number of aromatic nitrogens is 2. The molecule has 0 radical (unpaired) electrons. The van der Waals surface area contributed by atoms with Crippen LogP contribution in [0.15, 0.2) is 51.0 Å². The average molecular weight is 471 g/mol. The van der Waals surface area contributed by atoms with Crippen LogP contribution in [0.25, 0.3) is 11.1 Å². The van der Waals surface area contributed by atoms with Crippen molar-refractivity contribution in [1.29, 1.82) is 0 Å². The maximum absolute atomic E-state index is 13.1. The first-order chi connectivity index (χ1) is 14.5. The number of hydrogen-bond donors (Lipinski definition) is 0. The van der Waals surface area contributed by atoms with Crippen molar-refractivity contribution in [2.45, 2.75) is 53.3 Å². The Morgan fingerprint density at radius 1 is 1.39 bits per heavy atom. The normalized spacial score (nSPS) is 13.4. The highest BCUT2D eigenvalue weighted by molar-refractivity contribution is 8.08. The van der Waals surface area contributed by atoms with Gasteiger partial charge >= 0.3 is 6.18 Å². The minimum Gasteiger partial charge on any atom is -0.333 e. The molecule has 0 aliphatic rings. The van der Waals surface area contributed by atoms with Crippen LogP contribution in [0, 0.1) is 12.8 Å². The van der Waals surface area contributed by atoms with Gasteiger partial charge in [0, 0.05) is 18.7 Å². The highest BCUT2D eigenvalue weighted by Gasteiger charge is 2.31. The van der Waals surface area contributed by atoms with Crippen molar-refractivity contribution in [3.05, 3.63) is 73.6 Å². The minimum absolute atomic E-state index is 0.191. The average Bonchev–Trinajstić information content (AvgIpc) is 2.69. The van der Waals surface area contributed by atoms with Gasteiger partial charge in [-0.3, -0.25) is 4.79 Å². The molecule has 0 aliphatic heterocycles. The van der Waals surface area contributed by atoms with Gasteiger partial charge in [-0.2, -0.15) is 18.2 Å². The smallest absolute Gasteiger partial charge is 0.333 e. The number of halogens is 4. The Balaban J connectivity index is 2.40. The van der Waals surface area contributed by atoms with E-state index in [1.165, 1.54) is 23.9 Å². The van der Waals surface area contributed by atoms with Crippen molar-refractivity contribution in [3.63, 3.8) is 0 Å². The molecule has 1 heterocycles. The van der Waals surface area contributed by atoms with Crippen LogP contribution >= 0.6 is 23.4 Å². The third kappa shape index (κ3) is 6.26.